The molecule has 162 valence electrons. The fraction of sp³-hybridized carbons (Fsp3) is 0.476. The topological polar surface area (TPSA) is 77.5 Å². The summed E-state index contributed by atoms with van der Waals surface area (Å²) in [5, 5.41) is 3.24. The molecule has 0 spiro atoms. The quantitative estimate of drug-likeness (QED) is 0.674. The highest BCUT2D eigenvalue weighted by Gasteiger charge is 2.25. The molecule has 3 rings (SSSR count). The Labute approximate surface area is 171 Å². The van der Waals surface area contributed by atoms with E-state index in [1.807, 2.05) is 0 Å². The maximum Gasteiger partial charge on any atom is 0.387 e. The van der Waals surface area contributed by atoms with E-state index >= 15 is 0 Å². The lowest BCUT2D eigenvalue weighted by Crippen LogP contribution is -2.38. The number of hydrogen-bond acceptors (Lipinski definition) is 5. The van der Waals surface area contributed by atoms with Gasteiger partial charge in [0, 0.05) is 30.1 Å². The van der Waals surface area contributed by atoms with Gasteiger partial charge in [0.1, 0.15) is 0 Å². The first-order valence-corrected chi connectivity index (χ1v) is 9.86. The van der Waals surface area contributed by atoms with Crippen molar-refractivity contribution in [3.8, 4) is 5.75 Å². The normalized spacial score (nSPS) is 19.0. The molecule has 1 heterocycles. The summed E-state index contributed by atoms with van der Waals surface area (Å²) in [4.78, 5) is 28.2. The number of carbonyl (C=O) groups is 2. The van der Waals surface area contributed by atoms with Gasteiger partial charge in [-0.15, -0.1) is 0 Å². The van der Waals surface area contributed by atoms with E-state index in [1.54, 1.807) is 6.92 Å². The molecule has 6 nitrogen and oxygen atoms in total. The van der Waals surface area contributed by atoms with Gasteiger partial charge >= 0.3 is 12.6 Å². The Morgan fingerprint density at radius 3 is 2.60 bits per heavy atom. The molecular formula is C21H23F3N2O4. The van der Waals surface area contributed by atoms with Gasteiger partial charge < -0.3 is 14.8 Å². The maximum atomic E-state index is 13.9. The summed E-state index contributed by atoms with van der Waals surface area (Å²) in [6.45, 7) is -1.00. The van der Waals surface area contributed by atoms with Gasteiger partial charge in [-0.2, -0.15) is 8.78 Å². The summed E-state index contributed by atoms with van der Waals surface area (Å²) in [6, 6.07) is 3.52. The molecule has 1 N–H and O–H groups in total. The molecule has 1 aliphatic rings. The van der Waals surface area contributed by atoms with E-state index < -0.39 is 18.2 Å². The predicted molar refractivity (Wildman–Crippen MR) is 103 cm³/mol. The molecule has 0 radical (unpaired) electrons. The van der Waals surface area contributed by atoms with Gasteiger partial charge in [0.05, 0.1) is 17.7 Å². The van der Waals surface area contributed by atoms with Crippen LogP contribution in [0.2, 0.25) is 0 Å². The lowest BCUT2D eigenvalue weighted by Gasteiger charge is -2.28. The van der Waals surface area contributed by atoms with E-state index in [9.17, 15) is 22.8 Å². The Morgan fingerprint density at radius 2 is 1.93 bits per heavy atom. The number of amides is 1. The summed E-state index contributed by atoms with van der Waals surface area (Å²) in [5.41, 5.74) is 0.487. The molecule has 0 unspecified atom stereocenters. The van der Waals surface area contributed by atoms with Gasteiger partial charge in [-0.25, -0.2) is 4.39 Å². The number of carbonyl (C=O) groups excluding carboxylic acids is 2. The number of benzene rings is 1. The van der Waals surface area contributed by atoms with Crippen LogP contribution < -0.4 is 10.1 Å². The monoisotopic (exact) mass is 424 g/mol. The van der Waals surface area contributed by atoms with E-state index in [-0.39, 0.29) is 34.9 Å². The van der Waals surface area contributed by atoms with Crippen LogP contribution in [0.3, 0.4) is 0 Å². The van der Waals surface area contributed by atoms with Gasteiger partial charge in [-0.05, 0) is 50.7 Å². The standard InChI is InChI=1S/C21H23F3N2O4/c1-2-29-19(27)7-12-3-5-15(6-4-12)26-20(28)14-8-13-9-16(22)18(30-21(23)24)10-17(13)25-11-14/h8-12,15,21H,2-7H2,1H3,(H,26,28). The Balaban J connectivity index is 1.60. The third kappa shape index (κ3) is 5.61. The van der Waals surface area contributed by atoms with Crippen LogP contribution in [-0.2, 0) is 9.53 Å². The third-order valence-electron chi connectivity index (χ3n) is 5.16. The molecule has 0 aliphatic heterocycles. The Morgan fingerprint density at radius 1 is 1.20 bits per heavy atom. The minimum absolute atomic E-state index is 0.0230. The molecule has 0 saturated heterocycles. The molecule has 1 fully saturated rings. The number of fused-ring (bicyclic) bond motifs is 1. The van der Waals surface area contributed by atoms with E-state index in [0.717, 1.165) is 37.8 Å². The van der Waals surface area contributed by atoms with Crippen molar-refractivity contribution >= 4 is 22.8 Å². The van der Waals surface area contributed by atoms with E-state index in [2.05, 4.69) is 15.0 Å². The number of aromatic nitrogens is 1. The first kappa shape index (κ1) is 21.9. The first-order valence-electron chi connectivity index (χ1n) is 9.86. The number of ether oxygens (including phenoxy) is 2. The van der Waals surface area contributed by atoms with Crippen molar-refractivity contribution in [3.63, 3.8) is 0 Å². The predicted octanol–water partition coefficient (Wildman–Crippen LogP) is 4.22. The lowest BCUT2D eigenvalue weighted by molar-refractivity contribution is -0.144. The fourth-order valence-corrected chi connectivity index (χ4v) is 3.68. The molecule has 0 atom stereocenters. The maximum absolute atomic E-state index is 13.9. The second-order valence-corrected chi connectivity index (χ2v) is 7.28. The Kier molecular flexibility index (Phi) is 7.12. The average molecular weight is 424 g/mol. The number of nitrogens with zero attached hydrogens (tertiary/aromatic N) is 1. The van der Waals surface area contributed by atoms with Gasteiger partial charge in [0.2, 0.25) is 0 Å². The van der Waals surface area contributed by atoms with Crippen LogP contribution in [0.5, 0.6) is 5.75 Å². The minimum atomic E-state index is -3.14. The molecule has 1 amide bonds. The molecule has 1 aromatic carbocycles. The van der Waals surface area contributed by atoms with Crippen LogP contribution >= 0.6 is 0 Å². The summed E-state index contributed by atoms with van der Waals surface area (Å²) in [6.07, 6.45) is 4.84. The second-order valence-electron chi connectivity index (χ2n) is 7.28. The van der Waals surface area contributed by atoms with Crippen LogP contribution in [0.1, 0.15) is 49.4 Å². The molecule has 1 aliphatic carbocycles. The molecule has 30 heavy (non-hydrogen) atoms. The first-order chi connectivity index (χ1) is 14.4. The average Bonchev–Trinajstić information content (AvgIpc) is 2.69. The smallest absolute Gasteiger partial charge is 0.387 e. The number of halogens is 3. The van der Waals surface area contributed by atoms with E-state index in [4.69, 9.17) is 4.74 Å². The van der Waals surface area contributed by atoms with Gasteiger partial charge in [0.25, 0.3) is 5.91 Å². The Hall–Kier alpha value is -2.84. The molecule has 2 aromatic rings. The van der Waals surface area contributed by atoms with Crippen LogP contribution in [0, 0.1) is 11.7 Å². The number of esters is 1. The van der Waals surface area contributed by atoms with Crippen molar-refractivity contribution in [2.45, 2.75) is 51.7 Å². The van der Waals surface area contributed by atoms with E-state index in [0.29, 0.717) is 18.4 Å². The van der Waals surface area contributed by atoms with Gasteiger partial charge in [0.15, 0.2) is 11.6 Å². The van der Waals surface area contributed by atoms with Crippen molar-refractivity contribution < 1.29 is 32.2 Å². The molecule has 9 heteroatoms. The number of pyridine rings is 1. The SMILES string of the molecule is CCOC(=O)CC1CCC(NC(=O)c2cnc3cc(OC(F)F)c(F)cc3c2)CC1. The number of hydrogen-bond donors (Lipinski definition) is 1. The van der Waals surface area contributed by atoms with Crippen LogP contribution in [0.15, 0.2) is 24.4 Å². The second kappa shape index (κ2) is 9.77. The molecule has 1 aromatic heterocycles. The highest BCUT2D eigenvalue weighted by molar-refractivity contribution is 5.97. The van der Waals surface area contributed by atoms with Crippen LogP contribution in [0.25, 0.3) is 10.9 Å². The van der Waals surface area contributed by atoms with Crippen molar-refractivity contribution in [2.75, 3.05) is 6.61 Å². The van der Waals surface area contributed by atoms with Gasteiger partial charge in [-0.1, -0.05) is 0 Å². The van der Waals surface area contributed by atoms with Crippen LogP contribution in [0.4, 0.5) is 13.2 Å². The fourth-order valence-electron chi connectivity index (χ4n) is 3.68. The molecular weight excluding hydrogens is 401 g/mol. The largest absolute Gasteiger partial charge is 0.466 e. The number of alkyl halides is 2. The zero-order valence-corrected chi connectivity index (χ0v) is 16.5. The molecule has 1 saturated carbocycles. The highest BCUT2D eigenvalue weighted by atomic mass is 19.3. The number of nitrogens with one attached hydrogen (secondary N) is 1. The van der Waals surface area contributed by atoms with Crippen LogP contribution in [-0.4, -0.2) is 36.1 Å². The van der Waals surface area contributed by atoms with Crippen molar-refractivity contribution in [1.29, 1.82) is 0 Å². The minimum Gasteiger partial charge on any atom is -0.466 e. The summed E-state index contributed by atoms with van der Waals surface area (Å²) >= 11 is 0. The molecule has 0 bridgehead atoms. The number of rotatable bonds is 7. The zero-order valence-electron chi connectivity index (χ0n) is 16.5. The zero-order chi connectivity index (χ0) is 21.7. The van der Waals surface area contributed by atoms with Crippen molar-refractivity contribution in [1.82, 2.24) is 10.3 Å². The third-order valence-corrected chi connectivity index (χ3v) is 5.16. The summed E-state index contributed by atoms with van der Waals surface area (Å²) < 4.78 is 47.7. The lowest BCUT2D eigenvalue weighted by atomic mass is 9.84. The van der Waals surface area contributed by atoms with Crippen molar-refractivity contribution in [3.05, 3.63) is 35.8 Å². The summed E-state index contributed by atoms with van der Waals surface area (Å²) in [5.74, 6) is -1.83. The Bertz CT molecular complexity index is 915. The highest BCUT2D eigenvalue weighted by Crippen LogP contribution is 2.28. The van der Waals surface area contributed by atoms with Gasteiger partial charge in [-0.3, -0.25) is 14.6 Å². The van der Waals surface area contributed by atoms with E-state index in [1.165, 1.54) is 12.3 Å². The van der Waals surface area contributed by atoms with Crippen molar-refractivity contribution in [2.24, 2.45) is 5.92 Å². The summed E-state index contributed by atoms with van der Waals surface area (Å²) in [7, 11) is 0.